The van der Waals surface area contributed by atoms with Crippen molar-refractivity contribution in [2.75, 3.05) is 18.1 Å². The van der Waals surface area contributed by atoms with Crippen LogP contribution in [-0.4, -0.2) is 39.0 Å². The minimum atomic E-state index is -2.79. The van der Waals surface area contributed by atoms with Crippen molar-refractivity contribution < 1.29 is 22.3 Å². The van der Waals surface area contributed by atoms with E-state index in [1.807, 2.05) is 11.8 Å². The molecule has 0 N–H and O–H groups in total. The predicted octanol–water partition coefficient (Wildman–Crippen LogP) is 4.37. The second kappa shape index (κ2) is 7.68. The number of alkyl halides is 2. The van der Waals surface area contributed by atoms with Crippen molar-refractivity contribution in [2.45, 2.75) is 31.7 Å². The molecule has 1 aromatic carbocycles. The summed E-state index contributed by atoms with van der Waals surface area (Å²) in [4.78, 5) is 19.2. The topological polar surface area (TPSA) is 64.0 Å². The second-order valence-corrected chi connectivity index (χ2v) is 8.00. The van der Waals surface area contributed by atoms with Crippen LogP contribution in [0.15, 0.2) is 36.8 Å². The van der Waals surface area contributed by atoms with Gasteiger partial charge in [0.1, 0.15) is 0 Å². The van der Waals surface area contributed by atoms with E-state index in [2.05, 4.69) is 19.9 Å². The van der Waals surface area contributed by atoms with E-state index in [9.17, 15) is 17.6 Å². The molecule has 5 rings (SSSR count). The summed E-state index contributed by atoms with van der Waals surface area (Å²) in [6, 6.07) is 3.92. The van der Waals surface area contributed by atoms with Crippen LogP contribution in [0.1, 0.15) is 30.6 Å². The Hall–Kier alpha value is -3.30. The molecule has 3 heterocycles. The molecule has 6 nitrogen and oxygen atoms in total. The highest BCUT2D eigenvalue weighted by Crippen LogP contribution is 2.48. The van der Waals surface area contributed by atoms with Gasteiger partial charge in [-0.1, -0.05) is 0 Å². The van der Waals surface area contributed by atoms with E-state index < -0.39 is 23.5 Å². The van der Waals surface area contributed by atoms with Crippen molar-refractivity contribution in [3.8, 4) is 17.4 Å². The Morgan fingerprint density at radius 2 is 1.88 bits per heavy atom. The molecule has 32 heavy (non-hydrogen) atoms. The maximum absolute atomic E-state index is 14.3. The Bertz CT molecular complexity index is 1160. The smallest absolute Gasteiger partial charge is 0.255 e. The van der Waals surface area contributed by atoms with E-state index in [-0.39, 0.29) is 24.8 Å². The molecule has 2 aromatic heterocycles. The fourth-order valence-corrected chi connectivity index (χ4v) is 3.90. The number of hydrogen-bond acceptors (Lipinski definition) is 6. The average Bonchev–Trinajstić information content (AvgIpc) is 3.41. The first-order valence-electron chi connectivity index (χ1n) is 10.2. The maximum atomic E-state index is 14.3. The molecule has 2 atom stereocenters. The second-order valence-electron chi connectivity index (χ2n) is 8.00. The fourth-order valence-electron chi connectivity index (χ4n) is 3.90. The third kappa shape index (κ3) is 3.74. The lowest BCUT2D eigenvalue weighted by Gasteiger charge is -2.36. The molecule has 0 radical (unpaired) electrons. The van der Waals surface area contributed by atoms with E-state index in [0.717, 1.165) is 17.3 Å². The van der Waals surface area contributed by atoms with Crippen LogP contribution >= 0.6 is 0 Å². The lowest BCUT2D eigenvalue weighted by atomic mass is 9.98. The minimum Gasteiger partial charge on any atom is -0.490 e. The highest BCUT2D eigenvalue weighted by Gasteiger charge is 2.57. The first-order valence-corrected chi connectivity index (χ1v) is 10.2. The number of halogens is 4. The highest BCUT2D eigenvalue weighted by atomic mass is 19.3. The molecule has 1 aliphatic heterocycles. The van der Waals surface area contributed by atoms with Gasteiger partial charge in [0.15, 0.2) is 23.2 Å². The van der Waals surface area contributed by atoms with E-state index in [0.29, 0.717) is 30.3 Å². The van der Waals surface area contributed by atoms with Gasteiger partial charge in [0, 0.05) is 61.4 Å². The summed E-state index contributed by atoms with van der Waals surface area (Å²) >= 11 is 0. The van der Waals surface area contributed by atoms with Crippen LogP contribution in [0.4, 0.5) is 23.2 Å². The van der Waals surface area contributed by atoms with Crippen LogP contribution in [0.2, 0.25) is 0 Å². The van der Waals surface area contributed by atoms with Crippen LogP contribution in [-0.2, 0) is 6.42 Å². The normalized spacial score (nSPS) is 21.2. The summed E-state index contributed by atoms with van der Waals surface area (Å²) in [7, 11) is 0. The molecule has 1 aliphatic carbocycles. The third-order valence-electron chi connectivity index (χ3n) is 5.88. The highest BCUT2D eigenvalue weighted by molar-refractivity contribution is 5.55. The largest absolute Gasteiger partial charge is 0.490 e. The zero-order valence-corrected chi connectivity index (χ0v) is 17.1. The van der Waals surface area contributed by atoms with Crippen molar-refractivity contribution >= 4 is 5.69 Å². The summed E-state index contributed by atoms with van der Waals surface area (Å²) in [5.41, 5.74) is 2.08. The number of benzene rings is 1. The van der Waals surface area contributed by atoms with E-state index in [4.69, 9.17) is 4.74 Å². The van der Waals surface area contributed by atoms with Gasteiger partial charge in [0.25, 0.3) is 5.92 Å². The van der Waals surface area contributed by atoms with Crippen molar-refractivity contribution in [3.05, 3.63) is 59.7 Å². The van der Waals surface area contributed by atoms with Crippen LogP contribution in [0.5, 0.6) is 5.75 Å². The molecule has 2 aliphatic rings. The quantitative estimate of drug-likeness (QED) is 0.544. The van der Waals surface area contributed by atoms with Crippen LogP contribution in [0.25, 0.3) is 11.6 Å². The molecule has 166 valence electrons. The summed E-state index contributed by atoms with van der Waals surface area (Å²) in [5, 5.41) is 0. The lowest BCUT2D eigenvalue weighted by molar-refractivity contribution is 0.0849. The first-order chi connectivity index (χ1) is 15.3. The van der Waals surface area contributed by atoms with Crippen molar-refractivity contribution in [3.63, 3.8) is 0 Å². The van der Waals surface area contributed by atoms with Gasteiger partial charge in [-0.3, -0.25) is 0 Å². The Balaban J connectivity index is 1.39. The van der Waals surface area contributed by atoms with E-state index in [1.54, 1.807) is 24.7 Å². The average molecular weight is 445 g/mol. The molecular weight excluding hydrogens is 426 g/mol. The van der Waals surface area contributed by atoms with Gasteiger partial charge in [-0.25, -0.2) is 33.1 Å². The third-order valence-corrected chi connectivity index (χ3v) is 5.88. The van der Waals surface area contributed by atoms with Gasteiger partial charge < -0.3 is 9.64 Å². The van der Waals surface area contributed by atoms with Crippen molar-refractivity contribution in [1.29, 1.82) is 0 Å². The van der Waals surface area contributed by atoms with Crippen LogP contribution in [0.3, 0.4) is 0 Å². The van der Waals surface area contributed by atoms with Gasteiger partial charge in [-0.15, -0.1) is 0 Å². The zero-order valence-electron chi connectivity index (χ0n) is 17.1. The van der Waals surface area contributed by atoms with Gasteiger partial charge in [-0.05, 0) is 13.0 Å². The predicted molar refractivity (Wildman–Crippen MR) is 107 cm³/mol. The van der Waals surface area contributed by atoms with Gasteiger partial charge >= 0.3 is 0 Å². The zero-order chi connectivity index (χ0) is 22.5. The number of ether oxygens (including phenoxy) is 1. The number of anilines is 1. The molecule has 1 fully saturated rings. The molecular formula is C22H19F4N5O. The summed E-state index contributed by atoms with van der Waals surface area (Å²) < 4.78 is 59.9. The van der Waals surface area contributed by atoms with Crippen molar-refractivity contribution in [1.82, 2.24) is 19.9 Å². The molecule has 3 aromatic rings. The Kier molecular flexibility index (Phi) is 4.94. The van der Waals surface area contributed by atoms with Gasteiger partial charge in [-0.2, -0.15) is 4.39 Å². The van der Waals surface area contributed by atoms with Crippen molar-refractivity contribution in [2.24, 2.45) is 5.92 Å². The van der Waals surface area contributed by atoms with Crippen LogP contribution < -0.4 is 9.64 Å². The number of nitrogens with zero attached hydrogens (tertiary/aromatic N) is 5. The summed E-state index contributed by atoms with van der Waals surface area (Å²) in [6.07, 6.45) is 5.17. The first kappa shape index (κ1) is 20.6. The number of rotatable bonds is 5. The molecule has 0 saturated heterocycles. The fraction of sp³-hybridized carbons (Fsp3) is 0.364. The SMILES string of the molecule is CC1c2cnc(-c3ncccn3)nc2CCN1c1cc(F)c(F)c(OCC2CC2(F)F)c1. The standard InChI is InChI=1S/C22H19F4N5O/c1-12-15-10-29-21(20-27-4-2-5-28-20)30-17(15)3-6-31(12)14-7-16(23)19(24)18(8-14)32-11-13-9-22(13,25)26/h2,4-5,7-8,10,12-13H,3,6,9,11H2,1H3. The molecule has 10 heteroatoms. The van der Waals surface area contributed by atoms with Gasteiger partial charge in [0.05, 0.1) is 24.3 Å². The molecule has 0 bridgehead atoms. The Morgan fingerprint density at radius 1 is 1.12 bits per heavy atom. The molecule has 2 unspecified atom stereocenters. The Morgan fingerprint density at radius 3 is 2.59 bits per heavy atom. The summed E-state index contributed by atoms with van der Waals surface area (Å²) in [5.74, 6) is -5.55. The molecule has 1 saturated carbocycles. The number of fused-ring (bicyclic) bond motifs is 1. The van der Waals surface area contributed by atoms with Gasteiger partial charge in [0.2, 0.25) is 5.82 Å². The van der Waals surface area contributed by atoms with E-state index in [1.165, 1.54) is 6.07 Å². The number of hydrogen-bond donors (Lipinski definition) is 0. The minimum absolute atomic E-state index is 0.227. The van der Waals surface area contributed by atoms with E-state index >= 15 is 0 Å². The lowest BCUT2D eigenvalue weighted by Crippen LogP contribution is -2.35. The van der Waals surface area contributed by atoms with Crippen LogP contribution in [0, 0.1) is 17.6 Å². The maximum Gasteiger partial charge on any atom is 0.255 e. The number of aromatic nitrogens is 4. The summed E-state index contributed by atoms with van der Waals surface area (Å²) in [6.45, 7) is 2.04. The molecule has 0 spiro atoms. The monoisotopic (exact) mass is 445 g/mol. The molecule has 0 amide bonds. The Labute approximate surface area is 181 Å².